The Bertz CT molecular complexity index is 2100. The lowest BCUT2D eigenvalue weighted by Crippen LogP contribution is -2.31. The molecule has 2 amide bonds. The second kappa shape index (κ2) is 21.4. The van der Waals surface area contributed by atoms with E-state index in [4.69, 9.17) is 31.4 Å². The Kier molecular flexibility index (Phi) is 16.9. The van der Waals surface area contributed by atoms with E-state index in [1.165, 1.54) is 20.9 Å². The van der Waals surface area contributed by atoms with Crippen molar-refractivity contribution < 1.29 is 28.6 Å². The van der Waals surface area contributed by atoms with Crippen LogP contribution < -0.4 is 26.7 Å². The number of esters is 1. The summed E-state index contributed by atoms with van der Waals surface area (Å²) in [5, 5.41) is 2.10. The van der Waals surface area contributed by atoms with E-state index in [-0.39, 0.29) is 44.8 Å². The van der Waals surface area contributed by atoms with Crippen LogP contribution in [0.4, 0.5) is 0 Å². The fourth-order valence-electron chi connectivity index (χ4n) is 9.47. The summed E-state index contributed by atoms with van der Waals surface area (Å²) in [7, 11) is 0. The fourth-order valence-corrected chi connectivity index (χ4v) is 12.0. The molecule has 0 spiro atoms. The summed E-state index contributed by atoms with van der Waals surface area (Å²) in [5.41, 5.74) is 19.0. The van der Waals surface area contributed by atoms with Gasteiger partial charge in [0.1, 0.15) is 40.1 Å². The molecule has 4 aromatic rings. The summed E-state index contributed by atoms with van der Waals surface area (Å²) in [6.45, 7) is 5.71. The Balaban J connectivity index is 0.000000229. The van der Waals surface area contributed by atoms with Gasteiger partial charge in [0.05, 0.1) is 10.8 Å². The molecule has 6 N–H and O–H groups in total. The predicted octanol–water partition coefficient (Wildman–Crippen LogP) is 9.34. The largest absolute Gasteiger partial charge is 0.474 e. The Morgan fingerprint density at radius 3 is 1.54 bits per heavy atom. The van der Waals surface area contributed by atoms with Crippen molar-refractivity contribution in [2.75, 3.05) is 0 Å². The third-order valence-corrected chi connectivity index (χ3v) is 14.6. The van der Waals surface area contributed by atoms with Gasteiger partial charge in [0, 0.05) is 35.1 Å². The number of rotatable bonds is 12. The third-order valence-electron chi connectivity index (χ3n) is 12.3. The number of aromatic nitrogens is 4. The van der Waals surface area contributed by atoms with Gasteiger partial charge < -0.3 is 31.4 Å². The van der Waals surface area contributed by atoms with Gasteiger partial charge in [0.15, 0.2) is 0 Å². The molecule has 0 aliphatic heterocycles. The Labute approximate surface area is 369 Å². The van der Waals surface area contributed by atoms with Crippen LogP contribution in [0.5, 0.6) is 11.8 Å². The second-order valence-corrected chi connectivity index (χ2v) is 20.2. The first-order valence-electron chi connectivity index (χ1n) is 21.7. The first-order valence-corrected chi connectivity index (χ1v) is 23.3. The maximum Gasteiger partial charge on any atom is 0.306 e. The minimum absolute atomic E-state index is 0. The molecule has 0 radical (unpaired) electrons. The van der Waals surface area contributed by atoms with Crippen molar-refractivity contribution in [1.29, 1.82) is 0 Å². The van der Waals surface area contributed by atoms with Crippen LogP contribution in [0.2, 0.25) is 0 Å². The maximum atomic E-state index is 12.2. The van der Waals surface area contributed by atoms with Gasteiger partial charge in [-0.1, -0.05) is 14.9 Å². The molecule has 0 aromatic carbocycles. The number of primary amides is 2. The number of nitrogens with zero attached hydrogens (tertiary/aromatic N) is 4. The molecule has 0 bridgehead atoms. The SMILES string of the molecule is C.C.CC(C)(C)OC(=O)CC1CCC(Oc2ncnc3sc4c(c23)[C@@H](CCC(N)=O)CCC4)CC1.NC(=O)CC[C@H]1CCCc2sc3ncnc(OC4CCC(N)CC4)c3c21. The molecule has 13 nitrogen and oxygen atoms in total. The number of thiophene rings is 2. The quantitative estimate of drug-likeness (QED) is 0.114. The molecule has 61 heavy (non-hydrogen) atoms. The maximum absolute atomic E-state index is 12.2. The van der Waals surface area contributed by atoms with Gasteiger partial charge in [-0.3, -0.25) is 14.4 Å². The lowest BCUT2D eigenvalue weighted by molar-refractivity contribution is -0.156. The van der Waals surface area contributed by atoms with Crippen molar-refractivity contribution in [2.45, 2.75) is 193 Å². The summed E-state index contributed by atoms with van der Waals surface area (Å²) in [4.78, 5) is 57.6. The molecule has 336 valence electrons. The highest BCUT2D eigenvalue weighted by Crippen LogP contribution is 2.48. The molecule has 8 rings (SSSR count). The minimum Gasteiger partial charge on any atom is -0.474 e. The van der Waals surface area contributed by atoms with Gasteiger partial charge in [-0.05, 0) is 152 Å². The number of hydrogen-bond donors (Lipinski definition) is 3. The van der Waals surface area contributed by atoms with E-state index in [1.54, 1.807) is 35.3 Å². The molecule has 2 atom stereocenters. The van der Waals surface area contributed by atoms with E-state index in [2.05, 4.69) is 19.9 Å². The van der Waals surface area contributed by atoms with Crippen LogP contribution in [0.1, 0.15) is 177 Å². The monoisotopic (exact) mass is 879 g/mol. The number of fused-ring (bicyclic) bond motifs is 6. The standard InChI is InChI=1S/C25H35N3O4S.C19H26N4O2S.2CH4/c1-25(2,3)32-20(30)13-15-7-10-17(11-8-15)31-23-22-21-16(9-12-19(26)29)5-4-6-18(21)33-24(22)28-14-27-23;20-12-5-7-13(8-6-12)25-18-17-16-11(4-9-15(21)24)2-1-3-14(16)26-19(17)23-10-22-18;;/h14-17H,4-13H2,1-3H3,(H2,26,29);10-13H,1-9,20H2,(H2,21,24);2*1H4/t15?,16-,17?;11-,12?,13?;;/m11../s1. The number of nitrogens with two attached hydrogens (primary N) is 3. The first kappa shape index (κ1) is 48.1. The van der Waals surface area contributed by atoms with Crippen LogP contribution in [0.3, 0.4) is 0 Å². The van der Waals surface area contributed by atoms with Crippen molar-refractivity contribution in [1.82, 2.24) is 19.9 Å². The molecule has 0 saturated heterocycles. The Morgan fingerprint density at radius 2 is 1.11 bits per heavy atom. The number of hydrogen-bond acceptors (Lipinski definition) is 13. The summed E-state index contributed by atoms with van der Waals surface area (Å²) < 4.78 is 18.3. The van der Waals surface area contributed by atoms with Crippen molar-refractivity contribution in [3.05, 3.63) is 33.5 Å². The predicted molar refractivity (Wildman–Crippen MR) is 244 cm³/mol. The summed E-state index contributed by atoms with van der Waals surface area (Å²) in [6, 6.07) is 0.298. The molecular weight excluding hydrogens is 811 g/mol. The number of carbonyl (C=O) groups excluding carboxylic acids is 3. The van der Waals surface area contributed by atoms with Crippen LogP contribution >= 0.6 is 22.7 Å². The highest BCUT2D eigenvalue weighted by atomic mass is 32.1. The summed E-state index contributed by atoms with van der Waals surface area (Å²) in [5.74, 6) is 1.76. The fraction of sp³-hybridized carbons (Fsp3) is 0.674. The zero-order chi connectivity index (χ0) is 41.7. The first-order chi connectivity index (χ1) is 28.3. The van der Waals surface area contributed by atoms with Crippen LogP contribution in [-0.4, -0.2) is 61.6 Å². The molecule has 4 aliphatic carbocycles. The molecule has 15 heteroatoms. The van der Waals surface area contributed by atoms with E-state index in [0.29, 0.717) is 54.8 Å². The van der Waals surface area contributed by atoms with Crippen LogP contribution in [0.25, 0.3) is 20.4 Å². The second-order valence-electron chi connectivity index (χ2n) is 18.0. The van der Waals surface area contributed by atoms with Gasteiger partial charge in [-0.2, -0.15) is 0 Å². The van der Waals surface area contributed by atoms with E-state index in [9.17, 15) is 14.4 Å². The van der Waals surface area contributed by atoms with E-state index in [1.807, 2.05) is 20.8 Å². The average molecular weight is 880 g/mol. The van der Waals surface area contributed by atoms with Crippen molar-refractivity contribution in [3.8, 4) is 11.8 Å². The van der Waals surface area contributed by atoms with E-state index < -0.39 is 5.60 Å². The molecule has 2 fully saturated rings. The number of carbonyl (C=O) groups is 3. The number of ether oxygens (including phenoxy) is 3. The smallest absolute Gasteiger partial charge is 0.306 e. The van der Waals surface area contributed by atoms with Crippen molar-refractivity contribution in [2.24, 2.45) is 23.1 Å². The van der Waals surface area contributed by atoms with Gasteiger partial charge in [0.2, 0.25) is 23.6 Å². The van der Waals surface area contributed by atoms with E-state index >= 15 is 0 Å². The molecule has 4 aliphatic rings. The van der Waals surface area contributed by atoms with E-state index in [0.717, 1.165) is 123 Å². The van der Waals surface area contributed by atoms with Gasteiger partial charge in [-0.25, -0.2) is 19.9 Å². The van der Waals surface area contributed by atoms with Gasteiger partial charge >= 0.3 is 5.97 Å². The van der Waals surface area contributed by atoms with Gasteiger partial charge in [-0.15, -0.1) is 22.7 Å². The summed E-state index contributed by atoms with van der Waals surface area (Å²) >= 11 is 3.47. The lowest BCUT2D eigenvalue weighted by atomic mass is 9.83. The molecule has 4 aromatic heterocycles. The normalized spacial score (nSPS) is 23.5. The summed E-state index contributed by atoms with van der Waals surface area (Å²) in [6.07, 6.45) is 20.5. The van der Waals surface area contributed by atoms with Crippen LogP contribution in [0.15, 0.2) is 12.7 Å². The Morgan fingerprint density at radius 1 is 0.672 bits per heavy atom. The lowest BCUT2D eigenvalue weighted by Gasteiger charge is -2.29. The molecule has 0 unspecified atom stereocenters. The molecular formula is C46H69N7O6S2. The third kappa shape index (κ3) is 12.4. The van der Waals surface area contributed by atoms with Crippen molar-refractivity contribution in [3.63, 3.8) is 0 Å². The number of amides is 2. The zero-order valence-corrected chi connectivity index (χ0v) is 36.5. The average Bonchev–Trinajstić information content (AvgIpc) is 3.78. The highest BCUT2D eigenvalue weighted by Gasteiger charge is 2.32. The molecule has 2 saturated carbocycles. The zero-order valence-electron chi connectivity index (χ0n) is 34.8. The van der Waals surface area contributed by atoms with Crippen LogP contribution in [-0.2, 0) is 32.0 Å². The topological polar surface area (TPSA) is 209 Å². The van der Waals surface area contributed by atoms with Crippen molar-refractivity contribution >= 4 is 60.9 Å². The number of aryl methyl sites for hydroxylation is 2. The van der Waals surface area contributed by atoms with Gasteiger partial charge in [0.25, 0.3) is 0 Å². The highest BCUT2D eigenvalue weighted by molar-refractivity contribution is 7.19. The molecule has 4 heterocycles. The Hall–Kier alpha value is -3.95. The minimum atomic E-state index is -0.440. The van der Waals surface area contributed by atoms with Crippen LogP contribution in [0, 0.1) is 5.92 Å².